The molecule has 0 saturated heterocycles. The van der Waals surface area contributed by atoms with E-state index in [0.29, 0.717) is 22.8 Å². The largest absolute Gasteiger partial charge is 0.494 e. The van der Waals surface area contributed by atoms with Crippen LogP contribution in [0.2, 0.25) is 0 Å². The van der Waals surface area contributed by atoms with E-state index < -0.39 is 0 Å². The highest BCUT2D eigenvalue weighted by Gasteiger charge is 2.37. The quantitative estimate of drug-likeness (QED) is 0.477. The molecule has 176 valence electrons. The number of rotatable bonds is 5. The number of fused-ring (bicyclic) bond motifs is 1. The third-order valence-electron chi connectivity index (χ3n) is 7.09. The first-order valence-electron chi connectivity index (χ1n) is 11.3. The van der Waals surface area contributed by atoms with Gasteiger partial charge in [-0.05, 0) is 76.6 Å². The summed E-state index contributed by atoms with van der Waals surface area (Å²) in [6, 6.07) is 8.67. The number of thiazole rings is 1. The van der Waals surface area contributed by atoms with Crippen molar-refractivity contribution < 1.29 is 14.6 Å². The molecule has 33 heavy (non-hydrogen) atoms. The Balaban J connectivity index is 1.93. The van der Waals surface area contributed by atoms with Gasteiger partial charge >= 0.3 is 4.87 Å². The highest BCUT2D eigenvalue weighted by atomic mass is 32.1. The Morgan fingerprint density at radius 3 is 2.15 bits per heavy atom. The van der Waals surface area contributed by atoms with Crippen molar-refractivity contribution in [3.63, 3.8) is 0 Å². The number of benzene rings is 2. The van der Waals surface area contributed by atoms with Gasteiger partial charge in [-0.3, -0.25) is 9.78 Å². The number of nitrogens with one attached hydrogen (secondary N) is 1. The summed E-state index contributed by atoms with van der Waals surface area (Å²) in [5.74, 6) is 1.24. The molecule has 5 nitrogen and oxygen atoms in total. The Kier molecular flexibility index (Phi) is 5.85. The molecule has 4 rings (SSSR count). The molecule has 0 unspecified atom stereocenters. The molecule has 1 aromatic heterocycles. The average Bonchev–Trinajstić information content (AvgIpc) is 3.07. The zero-order valence-corrected chi connectivity index (χ0v) is 21.3. The number of methoxy groups -OCH3 is 2. The molecule has 0 saturated carbocycles. The number of hydrogen-bond donors (Lipinski definition) is 2. The maximum atomic E-state index is 11.7. The van der Waals surface area contributed by atoms with Crippen LogP contribution >= 0.6 is 11.3 Å². The lowest BCUT2D eigenvalue weighted by molar-refractivity contribution is 0.332. The maximum absolute atomic E-state index is 11.7. The minimum absolute atomic E-state index is 0.0738. The van der Waals surface area contributed by atoms with Crippen LogP contribution in [0.1, 0.15) is 67.7 Å². The SMILES string of the molecule is COc1cc(Cc2sc(=O)[nH]c2O)cc(-c2cc3c(cc2C)C(C)(C)CCC3(C)C)c1OC. The van der Waals surface area contributed by atoms with Crippen LogP contribution in [0, 0.1) is 6.92 Å². The molecule has 2 N–H and O–H groups in total. The second-order valence-electron chi connectivity index (χ2n) is 10.3. The second kappa shape index (κ2) is 8.24. The van der Waals surface area contributed by atoms with Crippen molar-refractivity contribution in [3.8, 4) is 28.5 Å². The van der Waals surface area contributed by atoms with Crippen LogP contribution in [0.4, 0.5) is 0 Å². The normalized spacial score (nSPS) is 16.3. The van der Waals surface area contributed by atoms with E-state index >= 15 is 0 Å². The van der Waals surface area contributed by atoms with Crippen LogP contribution in [0.3, 0.4) is 0 Å². The summed E-state index contributed by atoms with van der Waals surface area (Å²) < 4.78 is 11.5. The molecule has 0 amide bonds. The van der Waals surface area contributed by atoms with Crippen molar-refractivity contribution >= 4 is 11.3 Å². The molecule has 2 aromatic carbocycles. The fraction of sp³-hybridized carbons (Fsp3) is 0.444. The molecule has 6 heteroatoms. The molecule has 3 aromatic rings. The number of hydrogen-bond acceptors (Lipinski definition) is 5. The number of H-pyrrole nitrogens is 1. The van der Waals surface area contributed by atoms with Gasteiger partial charge in [0.25, 0.3) is 0 Å². The molecule has 1 aliphatic rings. The smallest absolute Gasteiger partial charge is 0.307 e. The summed E-state index contributed by atoms with van der Waals surface area (Å²) in [6.07, 6.45) is 2.73. The molecular formula is C27H33NO4S. The lowest BCUT2D eigenvalue weighted by Gasteiger charge is -2.42. The van der Waals surface area contributed by atoms with E-state index in [1.165, 1.54) is 23.1 Å². The fourth-order valence-electron chi connectivity index (χ4n) is 4.99. The van der Waals surface area contributed by atoms with Gasteiger partial charge in [0.15, 0.2) is 11.5 Å². The molecule has 1 heterocycles. The first kappa shape index (κ1) is 23.4. The Labute approximate surface area is 199 Å². The van der Waals surface area contributed by atoms with Gasteiger partial charge in [-0.1, -0.05) is 45.1 Å². The van der Waals surface area contributed by atoms with Gasteiger partial charge in [0.1, 0.15) is 0 Å². The Morgan fingerprint density at radius 2 is 1.61 bits per heavy atom. The van der Waals surface area contributed by atoms with Gasteiger partial charge in [0.05, 0.1) is 19.1 Å². The van der Waals surface area contributed by atoms with Crippen molar-refractivity contribution in [1.82, 2.24) is 4.98 Å². The van der Waals surface area contributed by atoms with E-state index in [1.54, 1.807) is 14.2 Å². The number of ether oxygens (including phenoxy) is 2. The minimum Gasteiger partial charge on any atom is -0.494 e. The number of aromatic hydroxyl groups is 1. The second-order valence-corrected chi connectivity index (χ2v) is 11.4. The predicted molar refractivity (Wildman–Crippen MR) is 134 cm³/mol. The van der Waals surface area contributed by atoms with Gasteiger partial charge in [-0.15, -0.1) is 0 Å². The Hall–Kier alpha value is -2.73. The number of aromatic nitrogens is 1. The highest BCUT2D eigenvalue weighted by molar-refractivity contribution is 7.09. The summed E-state index contributed by atoms with van der Waals surface area (Å²) in [6.45, 7) is 11.5. The average molecular weight is 468 g/mol. The lowest BCUT2D eigenvalue weighted by atomic mass is 9.62. The Morgan fingerprint density at radius 1 is 0.970 bits per heavy atom. The summed E-state index contributed by atoms with van der Waals surface area (Å²) in [5.41, 5.74) is 7.22. The molecule has 0 radical (unpaired) electrons. The summed E-state index contributed by atoms with van der Waals surface area (Å²) >= 11 is 1.02. The van der Waals surface area contributed by atoms with Crippen molar-refractivity contribution in [2.75, 3.05) is 14.2 Å². The monoisotopic (exact) mass is 467 g/mol. The summed E-state index contributed by atoms with van der Waals surface area (Å²) in [4.78, 5) is 14.4. The van der Waals surface area contributed by atoms with E-state index in [-0.39, 0.29) is 21.6 Å². The van der Waals surface area contributed by atoms with Crippen LogP contribution < -0.4 is 14.3 Å². The van der Waals surface area contributed by atoms with Crippen molar-refractivity contribution in [3.05, 3.63) is 61.1 Å². The summed E-state index contributed by atoms with van der Waals surface area (Å²) in [5, 5.41) is 10.1. The van der Waals surface area contributed by atoms with E-state index in [4.69, 9.17) is 9.47 Å². The Bertz CT molecular complexity index is 1270. The third-order valence-corrected chi connectivity index (χ3v) is 7.96. The van der Waals surface area contributed by atoms with Crippen molar-refractivity contribution in [2.45, 2.75) is 64.7 Å². The summed E-state index contributed by atoms with van der Waals surface area (Å²) in [7, 11) is 3.29. The van der Waals surface area contributed by atoms with E-state index in [2.05, 4.69) is 57.8 Å². The standard InChI is InChI=1S/C27H33NO4S/c1-15-10-19-20(27(4,5)9-8-26(19,2)3)14-17(15)18-11-16(12-21(31-6)23(18)32-7)13-22-24(29)28-25(30)33-22/h10-12,14,29H,8-9,13H2,1-7H3,(H,28,30). The molecule has 0 fully saturated rings. The predicted octanol–water partition coefficient (Wildman–Crippen LogP) is 6.07. The molecule has 1 aliphatic carbocycles. The van der Waals surface area contributed by atoms with Crippen molar-refractivity contribution in [1.29, 1.82) is 0 Å². The number of aromatic amines is 1. The van der Waals surface area contributed by atoms with E-state index in [0.717, 1.165) is 34.4 Å². The third kappa shape index (κ3) is 4.17. The van der Waals surface area contributed by atoms with Gasteiger partial charge < -0.3 is 14.6 Å². The van der Waals surface area contributed by atoms with Crippen molar-refractivity contribution in [2.24, 2.45) is 0 Å². The molecule has 0 atom stereocenters. The van der Waals surface area contributed by atoms with E-state index in [9.17, 15) is 9.90 Å². The first-order valence-corrected chi connectivity index (χ1v) is 12.1. The topological polar surface area (TPSA) is 71.6 Å². The van der Waals surface area contributed by atoms with Gasteiger partial charge in [-0.25, -0.2) is 0 Å². The molecule has 0 aliphatic heterocycles. The van der Waals surface area contributed by atoms with E-state index in [1.807, 2.05) is 6.07 Å². The highest BCUT2D eigenvalue weighted by Crippen LogP contribution is 2.49. The zero-order chi connectivity index (χ0) is 24.1. The zero-order valence-electron chi connectivity index (χ0n) is 20.5. The van der Waals surface area contributed by atoms with Crippen LogP contribution in [-0.4, -0.2) is 24.3 Å². The minimum atomic E-state index is -0.265. The van der Waals surface area contributed by atoms with Gasteiger partial charge in [0, 0.05) is 12.0 Å². The number of aryl methyl sites for hydroxylation is 1. The van der Waals surface area contributed by atoms with Crippen LogP contribution in [0.15, 0.2) is 29.1 Å². The molecule has 0 spiro atoms. The maximum Gasteiger partial charge on any atom is 0.307 e. The molecular weight excluding hydrogens is 434 g/mol. The lowest BCUT2D eigenvalue weighted by Crippen LogP contribution is -2.34. The van der Waals surface area contributed by atoms with Gasteiger partial charge in [-0.2, -0.15) is 0 Å². The van der Waals surface area contributed by atoms with Crippen LogP contribution in [-0.2, 0) is 17.3 Å². The van der Waals surface area contributed by atoms with Crippen LogP contribution in [0.5, 0.6) is 17.4 Å². The molecule has 0 bridgehead atoms. The fourth-order valence-corrected chi connectivity index (χ4v) is 5.75. The first-order chi connectivity index (χ1) is 15.5. The van der Waals surface area contributed by atoms with Crippen LogP contribution in [0.25, 0.3) is 11.1 Å². The van der Waals surface area contributed by atoms with Gasteiger partial charge in [0.2, 0.25) is 5.88 Å².